The quantitative estimate of drug-likeness (QED) is 0.919. The summed E-state index contributed by atoms with van der Waals surface area (Å²) in [6, 6.07) is 12.1. The molecule has 0 aromatic heterocycles. The molecule has 1 amide bonds. The van der Waals surface area contributed by atoms with Crippen molar-refractivity contribution in [3.63, 3.8) is 0 Å². The van der Waals surface area contributed by atoms with Gasteiger partial charge in [-0.2, -0.15) is 0 Å². The van der Waals surface area contributed by atoms with E-state index < -0.39 is 0 Å². The van der Waals surface area contributed by atoms with E-state index in [-0.39, 0.29) is 5.91 Å². The van der Waals surface area contributed by atoms with Gasteiger partial charge in [-0.1, -0.05) is 11.6 Å². The van der Waals surface area contributed by atoms with Crippen LogP contribution in [0.2, 0.25) is 5.02 Å². The van der Waals surface area contributed by atoms with E-state index in [4.69, 9.17) is 21.1 Å². The first-order valence-electron chi connectivity index (χ1n) is 6.69. The van der Waals surface area contributed by atoms with Crippen molar-refractivity contribution in [1.29, 1.82) is 0 Å². The second-order valence-electron chi connectivity index (χ2n) is 4.67. The van der Waals surface area contributed by atoms with Crippen LogP contribution in [0.4, 0.5) is 5.69 Å². The third-order valence-corrected chi connectivity index (χ3v) is 3.36. The van der Waals surface area contributed by atoms with E-state index in [1.165, 1.54) is 0 Å². The summed E-state index contributed by atoms with van der Waals surface area (Å²) >= 11 is 5.81. The number of rotatable bonds is 2. The van der Waals surface area contributed by atoms with Crippen molar-refractivity contribution in [3.05, 3.63) is 53.1 Å². The number of ether oxygens (including phenoxy) is 2. The van der Waals surface area contributed by atoms with Crippen molar-refractivity contribution in [2.75, 3.05) is 18.5 Å². The Labute approximate surface area is 127 Å². The van der Waals surface area contributed by atoms with E-state index in [1.54, 1.807) is 42.5 Å². The summed E-state index contributed by atoms with van der Waals surface area (Å²) in [6.45, 7) is 1.26. The van der Waals surface area contributed by atoms with Crippen LogP contribution in [0.3, 0.4) is 0 Å². The first-order chi connectivity index (χ1) is 10.2. The van der Waals surface area contributed by atoms with E-state index in [0.29, 0.717) is 41.0 Å². The molecule has 4 nitrogen and oxygen atoms in total. The van der Waals surface area contributed by atoms with Crippen LogP contribution in [0, 0.1) is 0 Å². The molecule has 0 spiro atoms. The Hall–Kier alpha value is -2.20. The van der Waals surface area contributed by atoms with Gasteiger partial charge in [0.1, 0.15) is 0 Å². The average Bonchev–Trinajstić information content (AvgIpc) is 2.72. The zero-order chi connectivity index (χ0) is 14.7. The Morgan fingerprint density at radius 3 is 2.48 bits per heavy atom. The maximum absolute atomic E-state index is 12.1. The Morgan fingerprint density at radius 1 is 1.00 bits per heavy atom. The van der Waals surface area contributed by atoms with Crippen LogP contribution in [0.1, 0.15) is 16.8 Å². The molecule has 5 heteroatoms. The molecule has 0 aliphatic carbocycles. The van der Waals surface area contributed by atoms with E-state index in [0.717, 1.165) is 6.42 Å². The summed E-state index contributed by atoms with van der Waals surface area (Å²) in [5.41, 5.74) is 1.21. The van der Waals surface area contributed by atoms with Gasteiger partial charge in [-0.25, -0.2) is 0 Å². The first kappa shape index (κ1) is 13.8. The largest absolute Gasteiger partial charge is 0.490 e. The van der Waals surface area contributed by atoms with Gasteiger partial charge in [-0.3, -0.25) is 4.79 Å². The van der Waals surface area contributed by atoms with Gasteiger partial charge in [0.25, 0.3) is 5.91 Å². The van der Waals surface area contributed by atoms with Gasteiger partial charge in [-0.15, -0.1) is 0 Å². The number of hydrogen-bond acceptors (Lipinski definition) is 3. The van der Waals surface area contributed by atoms with Gasteiger partial charge >= 0.3 is 0 Å². The molecular weight excluding hydrogens is 290 g/mol. The van der Waals surface area contributed by atoms with Gasteiger partial charge < -0.3 is 14.8 Å². The molecule has 0 atom stereocenters. The highest BCUT2D eigenvalue weighted by atomic mass is 35.5. The van der Waals surface area contributed by atoms with Gasteiger partial charge in [-0.05, 0) is 36.4 Å². The molecule has 1 aliphatic heterocycles. The van der Waals surface area contributed by atoms with Gasteiger partial charge in [0.15, 0.2) is 11.5 Å². The standard InChI is InChI=1S/C16H14ClNO3/c17-12-4-2-11(3-5-12)16(19)18-13-6-7-14-15(10-13)21-9-1-8-20-14/h2-7,10H,1,8-9H2,(H,18,19). The van der Waals surface area contributed by atoms with E-state index in [2.05, 4.69) is 5.32 Å². The lowest BCUT2D eigenvalue weighted by Gasteiger charge is -2.10. The summed E-state index contributed by atoms with van der Waals surface area (Å²) in [4.78, 5) is 12.1. The van der Waals surface area contributed by atoms with Crippen molar-refractivity contribution in [1.82, 2.24) is 0 Å². The number of anilines is 1. The van der Waals surface area contributed by atoms with Crippen LogP contribution >= 0.6 is 11.6 Å². The molecule has 1 N–H and O–H groups in total. The second kappa shape index (κ2) is 6.06. The van der Waals surface area contributed by atoms with Crippen molar-refractivity contribution in [2.45, 2.75) is 6.42 Å². The van der Waals surface area contributed by atoms with Crippen LogP contribution < -0.4 is 14.8 Å². The number of hydrogen-bond donors (Lipinski definition) is 1. The number of carbonyl (C=O) groups is 1. The van der Waals surface area contributed by atoms with E-state index in [9.17, 15) is 4.79 Å². The Bertz CT molecular complexity index is 655. The molecule has 0 radical (unpaired) electrons. The molecule has 0 unspecified atom stereocenters. The lowest BCUT2D eigenvalue weighted by Crippen LogP contribution is -2.11. The van der Waals surface area contributed by atoms with Crippen LogP contribution in [-0.2, 0) is 0 Å². The molecular formula is C16H14ClNO3. The van der Waals surface area contributed by atoms with Gasteiger partial charge in [0, 0.05) is 28.8 Å². The lowest BCUT2D eigenvalue weighted by atomic mass is 10.2. The summed E-state index contributed by atoms with van der Waals surface area (Å²) in [6.07, 6.45) is 0.848. The Balaban J connectivity index is 1.77. The zero-order valence-electron chi connectivity index (χ0n) is 11.3. The SMILES string of the molecule is O=C(Nc1ccc2c(c1)OCCCO2)c1ccc(Cl)cc1. The number of carbonyl (C=O) groups excluding carboxylic acids is 1. The van der Waals surface area contributed by atoms with Crippen LogP contribution in [0.15, 0.2) is 42.5 Å². The van der Waals surface area contributed by atoms with Crippen molar-refractivity contribution in [2.24, 2.45) is 0 Å². The van der Waals surface area contributed by atoms with Crippen LogP contribution in [0.25, 0.3) is 0 Å². The molecule has 108 valence electrons. The monoisotopic (exact) mass is 303 g/mol. The van der Waals surface area contributed by atoms with Gasteiger partial charge in [0.05, 0.1) is 13.2 Å². The normalized spacial score (nSPS) is 13.4. The Morgan fingerprint density at radius 2 is 1.71 bits per heavy atom. The molecule has 1 heterocycles. The number of halogens is 1. The predicted octanol–water partition coefficient (Wildman–Crippen LogP) is 3.75. The second-order valence-corrected chi connectivity index (χ2v) is 5.11. The number of benzene rings is 2. The first-order valence-corrected chi connectivity index (χ1v) is 7.07. The lowest BCUT2D eigenvalue weighted by molar-refractivity contribution is 0.102. The highest BCUT2D eigenvalue weighted by molar-refractivity contribution is 6.30. The van der Waals surface area contributed by atoms with E-state index in [1.807, 2.05) is 0 Å². The molecule has 2 aromatic carbocycles. The highest BCUT2D eigenvalue weighted by Gasteiger charge is 2.12. The summed E-state index contributed by atoms with van der Waals surface area (Å²) in [7, 11) is 0. The number of fused-ring (bicyclic) bond motifs is 1. The molecule has 1 aliphatic rings. The fourth-order valence-corrected chi connectivity index (χ4v) is 2.17. The maximum atomic E-state index is 12.1. The maximum Gasteiger partial charge on any atom is 0.255 e. The molecule has 21 heavy (non-hydrogen) atoms. The smallest absolute Gasteiger partial charge is 0.255 e. The number of nitrogens with one attached hydrogen (secondary N) is 1. The van der Waals surface area contributed by atoms with E-state index >= 15 is 0 Å². The molecule has 0 saturated carbocycles. The third-order valence-electron chi connectivity index (χ3n) is 3.11. The average molecular weight is 304 g/mol. The number of amides is 1. The Kier molecular flexibility index (Phi) is 3.97. The minimum Gasteiger partial charge on any atom is -0.490 e. The summed E-state index contributed by atoms with van der Waals surface area (Å²) in [5.74, 6) is 1.17. The van der Waals surface area contributed by atoms with Crippen molar-refractivity contribution < 1.29 is 14.3 Å². The van der Waals surface area contributed by atoms with Crippen LogP contribution in [0.5, 0.6) is 11.5 Å². The molecule has 0 saturated heterocycles. The van der Waals surface area contributed by atoms with Crippen molar-refractivity contribution >= 4 is 23.2 Å². The fourth-order valence-electron chi connectivity index (χ4n) is 2.05. The minimum absolute atomic E-state index is 0.193. The molecule has 3 rings (SSSR count). The molecule has 2 aromatic rings. The topological polar surface area (TPSA) is 47.6 Å². The highest BCUT2D eigenvalue weighted by Crippen LogP contribution is 2.32. The minimum atomic E-state index is -0.193. The fraction of sp³-hybridized carbons (Fsp3) is 0.188. The summed E-state index contributed by atoms with van der Waals surface area (Å²) < 4.78 is 11.2. The molecule has 0 fully saturated rings. The predicted molar refractivity (Wildman–Crippen MR) is 81.5 cm³/mol. The van der Waals surface area contributed by atoms with Crippen LogP contribution in [-0.4, -0.2) is 19.1 Å². The zero-order valence-corrected chi connectivity index (χ0v) is 12.0. The van der Waals surface area contributed by atoms with Gasteiger partial charge in [0.2, 0.25) is 0 Å². The van der Waals surface area contributed by atoms with Crippen molar-refractivity contribution in [3.8, 4) is 11.5 Å². The molecule has 0 bridgehead atoms. The summed E-state index contributed by atoms with van der Waals surface area (Å²) in [5, 5.41) is 3.43. The third kappa shape index (κ3) is 3.28.